The smallest absolute Gasteiger partial charge is 0.221 e. The molecular weight excluding hydrogens is 2140 g/mol. The Bertz CT molecular complexity index is 6470. The Morgan fingerprint density at radius 3 is 1.05 bits per heavy atom. The molecule has 0 saturated carbocycles. The van der Waals surface area contributed by atoms with Gasteiger partial charge in [-0.1, -0.05) is 265 Å². The molecule has 12 aromatic heterocycles. The van der Waals surface area contributed by atoms with Crippen LogP contribution in [0.25, 0.3) is 134 Å². The quantitative estimate of drug-likeness (QED) is 0.0522. The van der Waals surface area contributed by atoms with Crippen molar-refractivity contribution in [3.05, 3.63) is 435 Å². The summed E-state index contributed by atoms with van der Waals surface area (Å²) in [6, 6.07) is 119. The van der Waals surface area contributed by atoms with Gasteiger partial charge in [0, 0.05) is 97.3 Å². The fourth-order valence-corrected chi connectivity index (χ4v) is 15.6. The summed E-state index contributed by atoms with van der Waals surface area (Å²) in [7, 11) is 18.0. The molecule has 20 rings (SSSR count). The first-order valence-corrected chi connectivity index (χ1v) is 50.2. The molecule has 0 spiro atoms. The summed E-state index contributed by atoms with van der Waals surface area (Å²) in [6.45, 7) is 8.69. The van der Waals surface area contributed by atoms with Crippen molar-refractivity contribution in [2.45, 2.75) is 27.7 Å². The van der Waals surface area contributed by atoms with Crippen LogP contribution in [0.4, 0.5) is 0 Å². The Morgan fingerprint density at radius 1 is 0.258 bits per heavy atom. The van der Waals surface area contributed by atoms with Crippen molar-refractivity contribution < 1.29 is 101 Å². The van der Waals surface area contributed by atoms with E-state index in [1.165, 1.54) is 95.5 Å². The normalized spacial score (nSPS) is 10.3. The molecule has 20 aromatic rings. The first-order chi connectivity index (χ1) is 65.0. The Kier molecular flexibility index (Phi) is 37.7. The summed E-state index contributed by atoms with van der Waals surface area (Å²) in [4.78, 5) is 35.7. The molecule has 14 nitrogen and oxygen atoms in total. The first kappa shape index (κ1) is 97.5. The van der Waals surface area contributed by atoms with Crippen molar-refractivity contribution in [1.29, 1.82) is 0 Å². The van der Waals surface area contributed by atoms with Crippen LogP contribution in [0.15, 0.2) is 397 Å². The van der Waals surface area contributed by atoms with Gasteiger partial charge in [0.05, 0.1) is 5.75 Å². The molecule has 0 unspecified atom stereocenters. The third kappa shape index (κ3) is 27.1. The van der Waals surface area contributed by atoms with E-state index in [1.54, 1.807) is 66.9 Å². The number of furan rings is 2. The molecule has 0 amide bonds. The van der Waals surface area contributed by atoms with Gasteiger partial charge in [0.25, 0.3) is 0 Å². The van der Waals surface area contributed by atoms with Gasteiger partial charge in [-0.3, -0.25) is 0 Å². The summed E-state index contributed by atoms with van der Waals surface area (Å²) < 4.78 is 34.0. The van der Waals surface area contributed by atoms with E-state index in [0.29, 0.717) is 51.5 Å². The van der Waals surface area contributed by atoms with E-state index >= 15 is 0 Å². The van der Waals surface area contributed by atoms with Crippen molar-refractivity contribution in [2.75, 3.05) is 0 Å². The van der Waals surface area contributed by atoms with E-state index in [2.05, 4.69) is 373 Å². The zero-order valence-corrected chi connectivity index (χ0v) is 81.4. The average Bonchev–Trinajstić information content (AvgIpc) is 1.46. The fourth-order valence-electron chi connectivity index (χ4n) is 14.2. The summed E-state index contributed by atoms with van der Waals surface area (Å²) in [5.74, 6) is 3.93. The molecular formula is C108H76Cl4N8O6Pd4S2. The van der Waals surface area contributed by atoms with Gasteiger partial charge >= 0.3 is 111 Å². The summed E-state index contributed by atoms with van der Waals surface area (Å²) >= 11 is 11.9. The molecule has 0 fully saturated rings. The van der Waals surface area contributed by atoms with Crippen molar-refractivity contribution in [3.8, 4) is 180 Å². The van der Waals surface area contributed by atoms with Crippen molar-refractivity contribution in [1.82, 2.24) is 39.9 Å². The number of ether oxygens (including phenoxy) is 4. The Morgan fingerprint density at radius 2 is 0.606 bits per heavy atom. The number of pyridine rings is 8. The topological polar surface area (TPSA) is 166 Å². The van der Waals surface area contributed by atoms with Gasteiger partial charge in [-0.2, -0.15) is 16.9 Å². The van der Waals surface area contributed by atoms with Gasteiger partial charge in [-0.15, -0.1) is 23.1 Å². The first-order valence-electron chi connectivity index (χ1n) is 40.4. The second kappa shape index (κ2) is 51.1. The molecule has 0 radical (unpaired) electrons. The molecule has 0 saturated heterocycles. The molecule has 0 bridgehead atoms. The fraction of sp³-hybridized carbons (Fsp3) is 0.0370. The van der Waals surface area contributed by atoms with E-state index < -0.39 is 0 Å². The number of hydrogen-bond donors (Lipinski definition) is 0. The molecule has 0 atom stereocenters. The minimum Gasteiger partial charge on any atom is -0.542 e. The van der Waals surface area contributed by atoms with Crippen LogP contribution in [0.3, 0.4) is 0 Å². The van der Waals surface area contributed by atoms with Gasteiger partial charge in [0.1, 0.15) is 5.06 Å². The third-order valence-corrected chi connectivity index (χ3v) is 21.7. The maximum atomic E-state index is 5.81. The molecule has 8 aromatic carbocycles. The molecule has 0 aliphatic carbocycles. The minimum absolute atomic E-state index is 0.253. The van der Waals surface area contributed by atoms with Crippen LogP contribution in [0.2, 0.25) is 0 Å². The SMILES string of the molecule is Cc1cc(-c2ccccc2)cc(C)c1-c1ccnc(-c2[c-]c(Oc3ccccn3)cs2)c1.Cc1cc(-c2ccccc2)cc(C)c1-c1ccnc(-c2[c-]c(Oc3ccccn3)sc2)c1.[Cl][Pd+].[Cl][Pd+].[Cl][Pd+].[Cl][Pd+].[c-]1c(-c2cc(-c3ccc(-c4ccccc4)cc3)ccn2)coc1Oc1ccccn1.[c-]1c(Oc2ccccn2)coc1-c1cc(-c2ccc(-c3ccccc3)cc2)ccn1. The van der Waals surface area contributed by atoms with E-state index in [-0.39, 0.29) is 5.95 Å². The summed E-state index contributed by atoms with van der Waals surface area (Å²) in [5, 5.41) is 4.62. The predicted molar refractivity (Wildman–Crippen MR) is 517 cm³/mol. The van der Waals surface area contributed by atoms with Gasteiger partial charge in [-0.25, -0.2) is 31.3 Å². The van der Waals surface area contributed by atoms with Crippen molar-refractivity contribution in [3.63, 3.8) is 0 Å². The average molecular weight is 2210 g/mol. The molecule has 664 valence electrons. The number of aromatic nitrogens is 8. The number of aryl methyl sites for hydroxylation is 4. The number of nitrogens with zero attached hydrogens (tertiary/aromatic N) is 8. The van der Waals surface area contributed by atoms with Gasteiger partial charge in [0.2, 0.25) is 29.5 Å². The minimum atomic E-state index is 0.253. The maximum absolute atomic E-state index is 5.81. The van der Waals surface area contributed by atoms with Gasteiger partial charge in [0.15, 0.2) is 0 Å². The van der Waals surface area contributed by atoms with Crippen LogP contribution < -0.4 is 18.9 Å². The number of benzene rings is 8. The number of thiophene rings is 2. The zero-order valence-electron chi connectivity index (χ0n) is 70.6. The van der Waals surface area contributed by atoms with E-state index in [4.69, 9.17) is 27.8 Å². The number of hydrogen-bond acceptors (Lipinski definition) is 16. The number of halogens is 4. The zero-order chi connectivity index (χ0) is 92.2. The molecule has 0 aliphatic heterocycles. The van der Waals surface area contributed by atoms with Crippen LogP contribution >= 0.6 is 60.8 Å². The Hall–Kier alpha value is -12.1. The molecule has 0 N–H and O–H groups in total. The maximum Gasteiger partial charge on any atom is 0.221 e. The van der Waals surface area contributed by atoms with Crippen LogP contribution in [-0.2, 0) is 72.7 Å². The van der Waals surface area contributed by atoms with Crippen molar-refractivity contribution in [2.24, 2.45) is 0 Å². The number of rotatable bonds is 20. The van der Waals surface area contributed by atoms with E-state index in [1.807, 2.05) is 157 Å². The van der Waals surface area contributed by atoms with E-state index in [0.717, 1.165) is 66.5 Å². The molecule has 0 aliphatic rings. The molecule has 12 heterocycles. The molecule has 132 heavy (non-hydrogen) atoms. The summed E-state index contributed by atoms with van der Waals surface area (Å²) in [6.07, 6.45) is 17.1. The largest absolute Gasteiger partial charge is 0.542 e. The Balaban J connectivity index is 0.000000146. The standard InChI is InChI=1S/2C28H21N2OS.2C26H17N2O2.4ClH.4Pd/c1-19-14-23(21-8-4-3-5-9-21)15-20(2)28(19)22-11-13-29-25(16-22)26-17-24(18-32-26)31-27-10-6-7-12-30-27;1-19-14-23(21-8-4-3-5-9-21)15-20(2)28(19)22-11-13-29-25(16-22)24-17-27(32-18-24)31-26-10-6-7-12-30-26;1-2-6-19(7-3-1)20-9-11-21(12-10-20)22-13-15-27-24(16-22)25-17-23(18-29-25)30-26-8-4-5-14-28-26;1-2-6-19(7-3-1)20-9-11-21(12-10-20)22-13-15-27-24(16-22)23-17-26(29-18-23)30-25-8-4-5-14-28-25;;;;;;;;/h2*3-16,18H,1-2H3;2*1-16,18H;4*1H;;;;/q4*-1;;;;;4*+2/p-4. The third-order valence-electron chi connectivity index (χ3n) is 20.0. The van der Waals surface area contributed by atoms with Crippen molar-refractivity contribution >= 4 is 60.8 Å². The van der Waals surface area contributed by atoms with Crippen LogP contribution in [0.1, 0.15) is 22.3 Å². The second-order valence-electron chi connectivity index (χ2n) is 28.6. The monoisotopic (exact) mass is 2210 g/mol. The predicted octanol–water partition coefficient (Wildman–Crippen LogP) is 31.6. The van der Waals surface area contributed by atoms with E-state index in [9.17, 15) is 0 Å². The van der Waals surface area contributed by atoms with Crippen LogP contribution in [-0.4, -0.2) is 39.9 Å². The van der Waals surface area contributed by atoms with Gasteiger partial charge < -0.3 is 47.7 Å². The Labute approximate surface area is 834 Å². The second-order valence-corrected chi connectivity index (χ2v) is 30.3. The summed E-state index contributed by atoms with van der Waals surface area (Å²) in [5.41, 5.74) is 28.7. The van der Waals surface area contributed by atoms with Crippen LogP contribution in [0, 0.1) is 52.0 Å². The van der Waals surface area contributed by atoms with Gasteiger partial charge in [-0.05, 0) is 211 Å². The molecule has 24 heteroatoms. The van der Waals surface area contributed by atoms with Crippen LogP contribution in [0.5, 0.6) is 46.0 Å².